The molecule has 1 atom stereocenters. The average molecular weight is 500 g/mol. The van der Waals surface area contributed by atoms with Crippen molar-refractivity contribution >= 4 is 28.3 Å². The topological polar surface area (TPSA) is 68.0 Å². The van der Waals surface area contributed by atoms with Crippen molar-refractivity contribution in [3.8, 4) is 22.6 Å². The maximum atomic E-state index is 14.6. The van der Waals surface area contributed by atoms with Gasteiger partial charge in [0.1, 0.15) is 22.3 Å². The first kappa shape index (κ1) is 23.7. The molecule has 0 aliphatic carbocycles. The molecule has 0 amide bonds. The van der Waals surface area contributed by atoms with Crippen LogP contribution in [-0.2, 0) is 0 Å². The summed E-state index contributed by atoms with van der Waals surface area (Å²) < 4.78 is 21.0. The van der Waals surface area contributed by atoms with Gasteiger partial charge in [-0.3, -0.25) is 9.78 Å². The minimum absolute atomic E-state index is 0.0903. The van der Waals surface area contributed by atoms with Gasteiger partial charge in [-0.2, -0.15) is 0 Å². The fraction of sp³-hybridized carbons (Fsp3) is 0.138. The van der Waals surface area contributed by atoms with Crippen LogP contribution in [0.3, 0.4) is 0 Å². The van der Waals surface area contributed by atoms with E-state index >= 15 is 0 Å². The van der Waals surface area contributed by atoms with Crippen molar-refractivity contribution in [2.45, 2.75) is 26.8 Å². The van der Waals surface area contributed by atoms with Crippen molar-refractivity contribution in [1.82, 2.24) is 9.97 Å². The average Bonchev–Trinajstić information content (AvgIpc) is 2.88. The minimum atomic E-state index is -0.397. The van der Waals surface area contributed by atoms with Crippen LogP contribution >= 0.6 is 11.6 Å². The molecule has 0 spiro atoms. The number of aryl methyl sites for hydroxylation is 1. The van der Waals surface area contributed by atoms with Crippen LogP contribution in [0.15, 0.2) is 82.3 Å². The van der Waals surface area contributed by atoms with E-state index in [2.05, 4.69) is 15.3 Å². The van der Waals surface area contributed by atoms with Gasteiger partial charge in [-0.25, -0.2) is 9.37 Å². The van der Waals surface area contributed by atoms with E-state index in [-0.39, 0.29) is 16.6 Å². The maximum absolute atomic E-state index is 14.6. The Morgan fingerprint density at radius 3 is 2.61 bits per heavy atom. The van der Waals surface area contributed by atoms with E-state index in [1.165, 1.54) is 6.07 Å². The summed E-state index contributed by atoms with van der Waals surface area (Å²) in [7, 11) is 0. The third-order valence-electron chi connectivity index (χ3n) is 6.14. The van der Waals surface area contributed by atoms with Crippen LogP contribution < -0.4 is 10.7 Å². The third-order valence-corrected chi connectivity index (χ3v) is 6.35. The van der Waals surface area contributed by atoms with Crippen LogP contribution in [0.25, 0.3) is 33.6 Å². The molecule has 1 N–H and O–H groups in total. The Morgan fingerprint density at radius 1 is 1.06 bits per heavy atom. The molecule has 3 heterocycles. The van der Waals surface area contributed by atoms with Crippen molar-refractivity contribution in [2.24, 2.45) is 0 Å². The van der Waals surface area contributed by atoms with Gasteiger partial charge in [0.15, 0.2) is 5.43 Å². The summed E-state index contributed by atoms with van der Waals surface area (Å²) in [5, 5.41) is 4.20. The van der Waals surface area contributed by atoms with Gasteiger partial charge >= 0.3 is 0 Å². The molecule has 3 aromatic heterocycles. The van der Waals surface area contributed by atoms with Crippen molar-refractivity contribution in [3.05, 3.63) is 111 Å². The Balaban J connectivity index is 1.65. The molecule has 0 aliphatic rings. The van der Waals surface area contributed by atoms with E-state index in [0.29, 0.717) is 39.2 Å². The predicted molar refractivity (Wildman–Crippen MR) is 142 cm³/mol. The second-order valence-corrected chi connectivity index (χ2v) is 9.12. The van der Waals surface area contributed by atoms with E-state index in [9.17, 15) is 9.18 Å². The Kier molecular flexibility index (Phi) is 6.29. The van der Waals surface area contributed by atoms with Gasteiger partial charge in [0, 0.05) is 34.6 Å². The normalized spacial score (nSPS) is 12.0. The molecule has 5 rings (SSSR count). The van der Waals surface area contributed by atoms with E-state index < -0.39 is 5.82 Å². The summed E-state index contributed by atoms with van der Waals surface area (Å²) in [6.45, 7) is 5.66. The smallest absolute Gasteiger partial charge is 0.196 e. The third kappa shape index (κ3) is 4.36. The van der Waals surface area contributed by atoms with Crippen molar-refractivity contribution in [1.29, 1.82) is 0 Å². The second kappa shape index (κ2) is 9.55. The Morgan fingerprint density at radius 2 is 1.86 bits per heavy atom. The number of nitrogens with zero attached hydrogens (tertiary/aromatic N) is 2. The highest BCUT2D eigenvalue weighted by Crippen LogP contribution is 2.35. The first-order valence-corrected chi connectivity index (χ1v) is 11.9. The molecule has 2 aromatic carbocycles. The first-order chi connectivity index (χ1) is 17.3. The van der Waals surface area contributed by atoms with Crippen LogP contribution in [0.4, 0.5) is 10.1 Å². The molecule has 7 heteroatoms. The number of hydrogen-bond acceptors (Lipinski definition) is 5. The molecule has 0 fully saturated rings. The van der Waals surface area contributed by atoms with Gasteiger partial charge < -0.3 is 9.73 Å². The number of aromatic nitrogens is 2. The fourth-order valence-electron chi connectivity index (χ4n) is 4.38. The van der Waals surface area contributed by atoms with Crippen molar-refractivity contribution in [2.75, 3.05) is 5.32 Å². The highest BCUT2D eigenvalue weighted by atomic mass is 35.5. The van der Waals surface area contributed by atoms with Crippen LogP contribution in [-0.4, -0.2) is 9.97 Å². The molecular weight excluding hydrogens is 477 g/mol. The number of pyridine rings is 2. The van der Waals surface area contributed by atoms with Gasteiger partial charge in [-0.15, -0.1) is 0 Å². The summed E-state index contributed by atoms with van der Waals surface area (Å²) in [6, 6.07) is 17.0. The monoisotopic (exact) mass is 499 g/mol. The summed E-state index contributed by atoms with van der Waals surface area (Å²) in [5.41, 5.74) is 4.71. The highest BCUT2D eigenvalue weighted by molar-refractivity contribution is 6.29. The number of benzene rings is 2. The van der Waals surface area contributed by atoms with Crippen LogP contribution in [0.2, 0.25) is 5.15 Å². The standard InChI is InChI=1S/C29H23ClFN3O2/c1-16-13-21(29-22(14-16)27(35)17(2)28(36-29)19-7-6-12-32-15-19)18(3)33-24-10-11-25(30)34-26(24)20-8-4-5-9-23(20)31/h4-15,18,33H,1-3H3/t18-/m1/s1. The molecule has 0 saturated carbocycles. The zero-order chi connectivity index (χ0) is 25.4. The van der Waals surface area contributed by atoms with E-state index in [4.69, 9.17) is 16.0 Å². The van der Waals surface area contributed by atoms with Gasteiger partial charge in [0.2, 0.25) is 0 Å². The zero-order valence-electron chi connectivity index (χ0n) is 20.0. The van der Waals surface area contributed by atoms with Gasteiger partial charge in [0.25, 0.3) is 0 Å². The van der Waals surface area contributed by atoms with Crippen molar-refractivity contribution < 1.29 is 8.81 Å². The lowest BCUT2D eigenvalue weighted by molar-refractivity contribution is 0.605. The first-order valence-electron chi connectivity index (χ1n) is 11.5. The highest BCUT2D eigenvalue weighted by Gasteiger charge is 2.20. The van der Waals surface area contributed by atoms with E-state index in [0.717, 1.165) is 16.7 Å². The molecule has 0 aliphatic heterocycles. The lowest BCUT2D eigenvalue weighted by atomic mass is 9.98. The predicted octanol–water partition coefficient (Wildman–Crippen LogP) is 7.50. The zero-order valence-corrected chi connectivity index (χ0v) is 20.7. The van der Waals surface area contributed by atoms with Gasteiger partial charge in [0.05, 0.1) is 22.8 Å². The van der Waals surface area contributed by atoms with Gasteiger partial charge in [-0.05, 0) is 68.8 Å². The second-order valence-electron chi connectivity index (χ2n) is 8.73. The molecule has 180 valence electrons. The number of anilines is 1. The number of nitrogens with one attached hydrogen (secondary N) is 1. The van der Waals surface area contributed by atoms with Crippen LogP contribution in [0.1, 0.15) is 29.7 Å². The summed E-state index contributed by atoms with van der Waals surface area (Å²) in [6.07, 6.45) is 3.35. The molecule has 5 nitrogen and oxygen atoms in total. The molecular formula is C29H23ClFN3O2. The molecule has 0 saturated heterocycles. The number of halogens is 2. The Bertz CT molecular complexity index is 1650. The summed E-state index contributed by atoms with van der Waals surface area (Å²) >= 11 is 6.16. The lowest BCUT2D eigenvalue weighted by Crippen LogP contribution is -2.13. The Hall–Kier alpha value is -4.03. The largest absolute Gasteiger partial charge is 0.455 e. The molecule has 0 bridgehead atoms. The number of fused-ring (bicyclic) bond motifs is 1. The fourth-order valence-corrected chi connectivity index (χ4v) is 4.53. The summed E-state index contributed by atoms with van der Waals surface area (Å²) in [5.74, 6) is 0.0877. The van der Waals surface area contributed by atoms with Crippen LogP contribution in [0.5, 0.6) is 0 Å². The SMILES string of the molecule is Cc1cc([C@@H](C)Nc2ccc(Cl)nc2-c2ccccc2F)c2oc(-c3cccnc3)c(C)c(=O)c2c1. The maximum Gasteiger partial charge on any atom is 0.196 e. The molecule has 0 unspecified atom stereocenters. The molecule has 36 heavy (non-hydrogen) atoms. The quantitative estimate of drug-likeness (QED) is 0.253. The van der Waals surface area contributed by atoms with E-state index in [1.54, 1.807) is 55.7 Å². The number of rotatable bonds is 5. The number of hydrogen-bond donors (Lipinski definition) is 1. The van der Waals surface area contributed by atoms with Crippen molar-refractivity contribution in [3.63, 3.8) is 0 Å². The van der Waals surface area contributed by atoms with E-state index in [1.807, 2.05) is 32.0 Å². The minimum Gasteiger partial charge on any atom is -0.455 e. The lowest BCUT2D eigenvalue weighted by Gasteiger charge is -2.20. The van der Waals surface area contributed by atoms with Crippen LogP contribution in [0, 0.1) is 19.7 Å². The Labute approximate surface area is 212 Å². The van der Waals surface area contributed by atoms with Gasteiger partial charge in [-0.1, -0.05) is 29.8 Å². The molecule has 0 radical (unpaired) electrons. The summed E-state index contributed by atoms with van der Waals surface area (Å²) in [4.78, 5) is 21.9. The molecule has 5 aromatic rings.